The number of hydrogen-bond acceptors (Lipinski definition) is 2. The number of fused-ring (bicyclic) bond motifs is 3. The predicted molar refractivity (Wildman–Crippen MR) is 71.7 cm³/mol. The van der Waals surface area contributed by atoms with Crippen molar-refractivity contribution in [3.8, 4) is 0 Å². The lowest BCUT2D eigenvalue weighted by atomic mass is 10.0. The molecule has 0 spiro atoms. The van der Waals surface area contributed by atoms with Crippen LogP contribution < -0.4 is 0 Å². The monoisotopic (exact) mass is 311 g/mol. The molecule has 2 heterocycles. The molecule has 2 aromatic rings. The first-order valence-corrected chi connectivity index (χ1v) is 6.94. The van der Waals surface area contributed by atoms with Gasteiger partial charge in [0.1, 0.15) is 0 Å². The van der Waals surface area contributed by atoms with E-state index < -0.39 is 6.09 Å². The van der Waals surface area contributed by atoms with E-state index >= 15 is 0 Å². The van der Waals surface area contributed by atoms with Gasteiger partial charge in [-0.3, -0.25) is 0 Å². The molecule has 0 unspecified atom stereocenters. The van der Waals surface area contributed by atoms with Gasteiger partial charge in [-0.15, -0.1) is 11.3 Å². The largest absolute Gasteiger partial charge is 0.465 e. The molecule has 1 aromatic heterocycles. The zero-order valence-corrected chi connectivity index (χ0v) is 11.3. The molecule has 1 amide bonds. The highest BCUT2D eigenvalue weighted by atomic mass is 79.9. The summed E-state index contributed by atoms with van der Waals surface area (Å²) >= 11 is 5.18. The molecule has 0 fully saturated rings. The third kappa shape index (κ3) is 1.83. The van der Waals surface area contributed by atoms with Gasteiger partial charge in [-0.2, -0.15) is 0 Å². The number of carboxylic acid groups (broad SMARTS) is 1. The van der Waals surface area contributed by atoms with Crippen molar-refractivity contribution >= 4 is 43.4 Å². The van der Waals surface area contributed by atoms with Gasteiger partial charge < -0.3 is 10.0 Å². The van der Waals surface area contributed by atoms with Gasteiger partial charge in [0.25, 0.3) is 0 Å². The molecule has 0 atom stereocenters. The van der Waals surface area contributed by atoms with E-state index in [-0.39, 0.29) is 0 Å². The fourth-order valence-electron chi connectivity index (χ4n) is 2.24. The number of halogens is 1. The Bertz CT molecular complexity index is 608. The zero-order chi connectivity index (χ0) is 12.0. The summed E-state index contributed by atoms with van der Waals surface area (Å²) in [5.74, 6) is 0. The third-order valence-electron chi connectivity index (χ3n) is 3.07. The number of hydrogen-bond donors (Lipinski definition) is 1. The number of thiophene rings is 1. The van der Waals surface area contributed by atoms with Crippen LogP contribution in [0.15, 0.2) is 22.7 Å². The Labute approximate surface area is 111 Å². The number of carbonyl (C=O) groups is 1. The predicted octanol–water partition coefficient (Wildman–Crippen LogP) is 3.70. The molecule has 5 heteroatoms. The van der Waals surface area contributed by atoms with Crippen LogP contribution in [0.4, 0.5) is 4.79 Å². The van der Waals surface area contributed by atoms with Crippen molar-refractivity contribution < 1.29 is 9.90 Å². The van der Waals surface area contributed by atoms with Crippen LogP contribution in [0.2, 0.25) is 0 Å². The lowest BCUT2D eigenvalue weighted by Crippen LogP contribution is -2.33. The average Bonchev–Trinajstić information content (AvgIpc) is 2.66. The number of rotatable bonds is 0. The van der Waals surface area contributed by atoms with E-state index in [4.69, 9.17) is 5.11 Å². The number of amides is 1. The molecule has 1 aromatic carbocycles. The van der Waals surface area contributed by atoms with Crippen LogP contribution in [-0.4, -0.2) is 22.6 Å². The molecule has 0 bridgehead atoms. The summed E-state index contributed by atoms with van der Waals surface area (Å²) in [6.07, 6.45) is -0.00719. The topological polar surface area (TPSA) is 40.5 Å². The number of benzene rings is 1. The normalized spacial score (nSPS) is 15.0. The minimum Gasteiger partial charge on any atom is -0.465 e. The zero-order valence-electron chi connectivity index (χ0n) is 8.94. The summed E-state index contributed by atoms with van der Waals surface area (Å²) in [6.45, 7) is 1.13. The van der Waals surface area contributed by atoms with Gasteiger partial charge in [-0.05, 0) is 35.6 Å². The van der Waals surface area contributed by atoms with Crippen molar-refractivity contribution in [1.29, 1.82) is 0 Å². The molecule has 0 saturated heterocycles. The first kappa shape index (κ1) is 11.0. The van der Waals surface area contributed by atoms with Crippen LogP contribution in [0.1, 0.15) is 10.4 Å². The molecule has 1 aliphatic rings. The lowest BCUT2D eigenvalue weighted by Gasteiger charge is -2.23. The van der Waals surface area contributed by atoms with Gasteiger partial charge >= 0.3 is 6.09 Å². The second kappa shape index (κ2) is 3.99. The van der Waals surface area contributed by atoms with Gasteiger partial charge in [0, 0.05) is 20.6 Å². The van der Waals surface area contributed by atoms with Crippen LogP contribution in [0, 0.1) is 0 Å². The standard InChI is InChI=1S/C12H10BrNO2S/c13-7-1-2-10-9(5-7)8-3-4-14(12(15)16)6-11(8)17-10/h1-2,5H,3-4,6H2,(H,15,16). The lowest BCUT2D eigenvalue weighted by molar-refractivity contribution is 0.140. The van der Waals surface area contributed by atoms with Gasteiger partial charge in [0.2, 0.25) is 0 Å². The molecule has 3 rings (SSSR count). The summed E-state index contributed by atoms with van der Waals surface area (Å²) < 4.78 is 2.32. The maximum atomic E-state index is 11.0. The summed E-state index contributed by atoms with van der Waals surface area (Å²) in [5.41, 5.74) is 1.32. The Balaban J connectivity index is 2.10. The van der Waals surface area contributed by atoms with Crippen LogP contribution in [-0.2, 0) is 13.0 Å². The highest BCUT2D eigenvalue weighted by Crippen LogP contribution is 2.36. The van der Waals surface area contributed by atoms with E-state index in [2.05, 4.69) is 28.1 Å². The highest BCUT2D eigenvalue weighted by molar-refractivity contribution is 9.10. The van der Waals surface area contributed by atoms with Crippen molar-refractivity contribution in [1.82, 2.24) is 4.90 Å². The van der Waals surface area contributed by atoms with Gasteiger partial charge in [-0.25, -0.2) is 4.79 Å². The Kier molecular flexibility index (Phi) is 2.60. The summed E-state index contributed by atoms with van der Waals surface area (Å²) in [6, 6.07) is 6.24. The number of nitrogens with zero attached hydrogens (tertiary/aromatic N) is 1. The van der Waals surface area contributed by atoms with Crippen molar-refractivity contribution in [3.05, 3.63) is 33.1 Å². The van der Waals surface area contributed by atoms with Crippen LogP contribution in [0.5, 0.6) is 0 Å². The first-order chi connectivity index (χ1) is 8.15. The molecular weight excluding hydrogens is 302 g/mol. The van der Waals surface area contributed by atoms with Crippen LogP contribution in [0.25, 0.3) is 10.1 Å². The second-order valence-corrected chi connectivity index (χ2v) is 6.15. The van der Waals surface area contributed by atoms with Crippen LogP contribution in [0.3, 0.4) is 0 Å². The first-order valence-electron chi connectivity index (χ1n) is 5.33. The van der Waals surface area contributed by atoms with Crippen molar-refractivity contribution in [2.24, 2.45) is 0 Å². The minimum absolute atomic E-state index is 0.529. The molecule has 3 nitrogen and oxygen atoms in total. The van der Waals surface area contributed by atoms with Crippen molar-refractivity contribution in [2.45, 2.75) is 13.0 Å². The molecule has 0 radical (unpaired) electrons. The Hall–Kier alpha value is -1.07. The summed E-state index contributed by atoms with van der Waals surface area (Å²) in [4.78, 5) is 13.6. The molecule has 0 aliphatic carbocycles. The average molecular weight is 312 g/mol. The van der Waals surface area contributed by atoms with E-state index in [0.717, 1.165) is 10.9 Å². The SMILES string of the molecule is O=C(O)N1CCc2c(sc3ccc(Br)cc23)C1. The van der Waals surface area contributed by atoms with E-state index in [9.17, 15) is 4.79 Å². The smallest absolute Gasteiger partial charge is 0.407 e. The minimum atomic E-state index is -0.825. The molecule has 88 valence electrons. The maximum Gasteiger partial charge on any atom is 0.407 e. The molecule has 0 saturated carbocycles. The van der Waals surface area contributed by atoms with Crippen molar-refractivity contribution in [3.63, 3.8) is 0 Å². The Morgan fingerprint density at radius 1 is 1.47 bits per heavy atom. The van der Waals surface area contributed by atoms with E-state index in [0.29, 0.717) is 13.1 Å². The van der Waals surface area contributed by atoms with Crippen LogP contribution >= 0.6 is 27.3 Å². The fraction of sp³-hybridized carbons (Fsp3) is 0.250. The summed E-state index contributed by atoms with van der Waals surface area (Å²) in [5, 5.41) is 10.3. The van der Waals surface area contributed by atoms with E-state index in [1.54, 1.807) is 11.3 Å². The summed E-state index contributed by atoms with van der Waals surface area (Å²) in [7, 11) is 0. The second-order valence-electron chi connectivity index (χ2n) is 4.10. The van der Waals surface area contributed by atoms with Gasteiger partial charge in [0.15, 0.2) is 0 Å². The fourth-order valence-corrected chi connectivity index (χ4v) is 3.85. The van der Waals surface area contributed by atoms with E-state index in [1.807, 2.05) is 6.07 Å². The van der Waals surface area contributed by atoms with Gasteiger partial charge in [0.05, 0.1) is 6.54 Å². The molecule has 1 aliphatic heterocycles. The Morgan fingerprint density at radius 2 is 2.29 bits per heavy atom. The molecule has 1 N–H and O–H groups in total. The maximum absolute atomic E-state index is 11.0. The van der Waals surface area contributed by atoms with Gasteiger partial charge in [-0.1, -0.05) is 15.9 Å². The third-order valence-corrected chi connectivity index (χ3v) is 4.76. The Morgan fingerprint density at radius 3 is 3.06 bits per heavy atom. The van der Waals surface area contributed by atoms with Crippen molar-refractivity contribution in [2.75, 3.05) is 6.54 Å². The molecule has 17 heavy (non-hydrogen) atoms. The quantitative estimate of drug-likeness (QED) is 0.806. The van der Waals surface area contributed by atoms with E-state index in [1.165, 1.54) is 25.4 Å². The molecular formula is C12H10BrNO2S. The highest BCUT2D eigenvalue weighted by Gasteiger charge is 2.23.